The summed E-state index contributed by atoms with van der Waals surface area (Å²) >= 11 is 0. The van der Waals surface area contributed by atoms with Gasteiger partial charge in [0.15, 0.2) is 5.78 Å². The molecule has 9 heteroatoms. The van der Waals surface area contributed by atoms with E-state index in [1.165, 1.54) is 13.0 Å². The lowest BCUT2D eigenvalue weighted by atomic mass is 10.1. The van der Waals surface area contributed by atoms with Gasteiger partial charge in [-0.05, 0) is 24.6 Å². The van der Waals surface area contributed by atoms with Gasteiger partial charge in [-0.3, -0.25) is 29.6 Å². The summed E-state index contributed by atoms with van der Waals surface area (Å²) in [6.07, 6.45) is 0.303. The summed E-state index contributed by atoms with van der Waals surface area (Å²) in [5, 5.41) is 17.1. The van der Waals surface area contributed by atoms with Crippen molar-refractivity contribution in [2.75, 3.05) is 31.2 Å². The van der Waals surface area contributed by atoms with E-state index in [2.05, 4.69) is 10.0 Å². The number of carbonyl (C=O) groups excluding carboxylic acids is 2. The second-order valence-electron chi connectivity index (χ2n) is 8.05. The number of anilines is 1. The van der Waals surface area contributed by atoms with Crippen molar-refractivity contribution in [1.29, 1.82) is 0 Å². The summed E-state index contributed by atoms with van der Waals surface area (Å²) in [5.41, 5.74) is 2.15. The van der Waals surface area contributed by atoms with Crippen LogP contribution >= 0.6 is 0 Å². The summed E-state index contributed by atoms with van der Waals surface area (Å²) in [4.78, 5) is 39.8. The Balaban J connectivity index is 1.38. The molecule has 2 aliphatic rings. The highest BCUT2D eigenvalue weighted by atomic mass is 16.6. The van der Waals surface area contributed by atoms with Gasteiger partial charge in [-0.1, -0.05) is 30.3 Å². The molecule has 0 spiro atoms. The minimum absolute atomic E-state index is 0.0258. The van der Waals surface area contributed by atoms with Crippen molar-refractivity contribution in [3.8, 4) is 0 Å². The van der Waals surface area contributed by atoms with Crippen LogP contribution < -0.4 is 5.01 Å². The minimum Gasteiger partial charge on any atom is -0.335 e. The van der Waals surface area contributed by atoms with Crippen molar-refractivity contribution in [3.63, 3.8) is 0 Å². The Morgan fingerprint density at radius 3 is 2.44 bits per heavy atom. The number of hydrogen-bond donors (Lipinski definition) is 0. The quantitative estimate of drug-likeness (QED) is 0.511. The summed E-state index contributed by atoms with van der Waals surface area (Å²) in [6, 6.07) is 15.6. The lowest BCUT2D eigenvalue weighted by molar-refractivity contribution is -0.384. The molecule has 2 aliphatic heterocycles. The molecule has 9 nitrogen and oxygen atoms in total. The molecule has 2 aromatic carbocycles. The Morgan fingerprint density at radius 2 is 1.78 bits per heavy atom. The van der Waals surface area contributed by atoms with Crippen LogP contribution in [0.3, 0.4) is 0 Å². The van der Waals surface area contributed by atoms with E-state index in [1.807, 2.05) is 36.4 Å². The van der Waals surface area contributed by atoms with E-state index in [-0.39, 0.29) is 17.4 Å². The van der Waals surface area contributed by atoms with Gasteiger partial charge in [0.2, 0.25) is 0 Å². The van der Waals surface area contributed by atoms with E-state index in [1.54, 1.807) is 22.0 Å². The fourth-order valence-electron chi connectivity index (χ4n) is 4.09. The third kappa shape index (κ3) is 4.67. The average Bonchev–Trinajstić information content (AvgIpc) is 3.26. The van der Waals surface area contributed by atoms with Gasteiger partial charge in [-0.2, -0.15) is 5.10 Å². The maximum atomic E-state index is 13.1. The molecule has 4 rings (SSSR count). The second-order valence-corrected chi connectivity index (χ2v) is 8.05. The fraction of sp³-hybridized carbons (Fsp3) is 0.348. The highest BCUT2D eigenvalue weighted by Gasteiger charge is 2.36. The molecular weight excluding hydrogens is 410 g/mol. The number of amides is 1. The van der Waals surface area contributed by atoms with Crippen LogP contribution in [0.15, 0.2) is 59.7 Å². The Hall–Kier alpha value is -3.59. The van der Waals surface area contributed by atoms with E-state index in [9.17, 15) is 19.7 Å². The number of para-hydroxylation sites is 1. The first-order valence-corrected chi connectivity index (χ1v) is 10.6. The molecule has 2 heterocycles. The smallest absolute Gasteiger partial charge is 0.270 e. The lowest BCUT2D eigenvalue weighted by Crippen LogP contribution is -2.50. The SMILES string of the molecule is CC(=O)C1CC(C(=O)N2CCN(Cc3cccc([N+](=O)[O-])c3)CC2)=NN1c1ccccc1. The highest BCUT2D eigenvalue weighted by Crippen LogP contribution is 2.26. The molecule has 2 aromatic rings. The van der Waals surface area contributed by atoms with E-state index < -0.39 is 11.0 Å². The van der Waals surface area contributed by atoms with Crippen LogP contribution in [0.25, 0.3) is 0 Å². The van der Waals surface area contributed by atoms with E-state index in [4.69, 9.17) is 0 Å². The number of hydrogen-bond acceptors (Lipinski definition) is 7. The van der Waals surface area contributed by atoms with Crippen LogP contribution in [-0.2, 0) is 16.1 Å². The van der Waals surface area contributed by atoms with E-state index in [0.29, 0.717) is 44.9 Å². The summed E-state index contributed by atoms with van der Waals surface area (Å²) < 4.78 is 0. The Bertz CT molecular complexity index is 1050. The van der Waals surface area contributed by atoms with Crippen molar-refractivity contribution < 1.29 is 14.5 Å². The molecule has 1 atom stereocenters. The zero-order valence-corrected chi connectivity index (χ0v) is 17.9. The predicted octanol–water partition coefficient (Wildman–Crippen LogP) is 2.46. The molecule has 0 aromatic heterocycles. The van der Waals surface area contributed by atoms with Crippen LogP contribution in [0.1, 0.15) is 18.9 Å². The first kappa shape index (κ1) is 21.6. The molecule has 32 heavy (non-hydrogen) atoms. The number of carbonyl (C=O) groups is 2. The third-order valence-electron chi connectivity index (χ3n) is 5.83. The molecule has 1 unspecified atom stereocenters. The molecule has 166 valence electrons. The maximum Gasteiger partial charge on any atom is 0.270 e. The third-order valence-corrected chi connectivity index (χ3v) is 5.83. The number of nitrogens with zero attached hydrogens (tertiary/aromatic N) is 5. The van der Waals surface area contributed by atoms with Gasteiger partial charge in [0.1, 0.15) is 11.8 Å². The number of piperazine rings is 1. The Kier molecular flexibility index (Phi) is 6.27. The lowest BCUT2D eigenvalue weighted by Gasteiger charge is -2.34. The number of non-ortho nitro benzene ring substituents is 1. The summed E-state index contributed by atoms with van der Waals surface area (Å²) in [5.74, 6) is -0.160. The van der Waals surface area contributed by atoms with E-state index in [0.717, 1.165) is 11.3 Å². The first-order valence-electron chi connectivity index (χ1n) is 10.6. The van der Waals surface area contributed by atoms with Gasteiger partial charge in [-0.15, -0.1) is 0 Å². The number of benzene rings is 2. The molecular formula is C23H25N5O4. The average molecular weight is 435 g/mol. The normalized spacial score (nSPS) is 19.0. The number of ketones is 1. The zero-order valence-electron chi connectivity index (χ0n) is 17.9. The van der Waals surface area contributed by atoms with Gasteiger partial charge < -0.3 is 4.90 Å². The van der Waals surface area contributed by atoms with Gasteiger partial charge in [0.05, 0.1) is 10.6 Å². The minimum atomic E-state index is -0.466. The Labute approximate surface area is 186 Å². The van der Waals surface area contributed by atoms with Gasteiger partial charge in [0.25, 0.3) is 11.6 Å². The van der Waals surface area contributed by atoms with Gasteiger partial charge in [0, 0.05) is 51.3 Å². The number of Topliss-reactive ketones (excluding diaryl/α,β-unsaturated/α-hetero) is 1. The van der Waals surface area contributed by atoms with Crippen molar-refractivity contribution in [3.05, 3.63) is 70.3 Å². The zero-order chi connectivity index (χ0) is 22.7. The molecule has 0 bridgehead atoms. The van der Waals surface area contributed by atoms with Crippen LogP contribution in [0, 0.1) is 10.1 Å². The number of rotatable bonds is 6. The topological polar surface area (TPSA) is 99.4 Å². The molecule has 0 aliphatic carbocycles. The molecule has 0 radical (unpaired) electrons. The first-order chi connectivity index (χ1) is 15.4. The van der Waals surface area contributed by atoms with Gasteiger partial charge >= 0.3 is 0 Å². The monoisotopic (exact) mass is 435 g/mol. The maximum absolute atomic E-state index is 13.1. The molecule has 1 saturated heterocycles. The second kappa shape index (κ2) is 9.27. The summed E-state index contributed by atoms with van der Waals surface area (Å²) in [6.45, 7) is 4.54. The van der Waals surface area contributed by atoms with E-state index >= 15 is 0 Å². The van der Waals surface area contributed by atoms with Crippen molar-refractivity contribution >= 4 is 28.8 Å². The van der Waals surface area contributed by atoms with Crippen molar-refractivity contribution in [2.24, 2.45) is 5.10 Å². The molecule has 1 amide bonds. The number of nitro benzene ring substituents is 1. The molecule has 0 N–H and O–H groups in total. The highest BCUT2D eigenvalue weighted by molar-refractivity contribution is 6.40. The van der Waals surface area contributed by atoms with Crippen LogP contribution in [0.5, 0.6) is 0 Å². The predicted molar refractivity (Wildman–Crippen MR) is 120 cm³/mol. The fourth-order valence-corrected chi connectivity index (χ4v) is 4.09. The Morgan fingerprint density at radius 1 is 1.06 bits per heavy atom. The standard InChI is InChI=1S/C23H25N5O4/c1-17(29)22-15-21(24-27(22)19-7-3-2-4-8-19)23(30)26-12-10-25(11-13-26)16-18-6-5-9-20(14-18)28(31)32/h2-9,14,22H,10-13,15-16H2,1H3. The largest absolute Gasteiger partial charge is 0.335 e. The van der Waals surface area contributed by atoms with Crippen molar-refractivity contribution in [2.45, 2.75) is 25.9 Å². The summed E-state index contributed by atoms with van der Waals surface area (Å²) in [7, 11) is 0. The van der Waals surface area contributed by atoms with Crippen LogP contribution in [0.4, 0.5) is 11.4 Å². The number of nitro groups is 1. The molecule has 0 saturated carbocycles. The van der Waals surface area contributed by atoms with Crippen LogP contribution in [-0.4, -0.2) is 64.3 Å². The molecule has 1 fully saturated rings. The van der Waals surface area contributed by atoms with Crippen molar-refractivity contribution in [1.82, 2.24) is 9.80 Å². The van der Waals surface area contributed by atoms with Gasteiger partial charge in [-0.25, -0.2) is 0 Å². The van der Waals surface area contributed by atoms with Crippen LogP contribution in [0.2, 0.25) is 0 Å². The number of hydrazone groups is 1.